The first-order chi connectivity index (χ1) is 10.8. The van der Waals surface area contributed by atoms with Crippen LogP contribution in [0.25, 0.3) is 0 Å². The smallest absolute Gasteiger partial charge is 0.407 e. The van der Waals surface area contributed by atoms with E-state index in [1.165, 1.54) is 12.8 Å². The highest BCUT2D eigenvalue weighted by atomic mass is 16.6. The fourth-order valence-corrected chi connectivity index (χ4v) is 1.98. The van der Waals surface area contributed by atoms with Crippen LogP contribution >= 0.6 is 0 Å². The molecule has 2 N–H and O–H groups in total. The lowest BCUT2D eigenvalue weighted by atomic mass is 10.1. The predicted octanol–water partition coefficient (Wildman–Crippen LogP) is 3.14. The fourth-order valence-electron chi connectivity index (χ4n) is 1.98. The summed E-state index contributed by atoms with van der Waals surface area (Å²) in [6.07, 6.45) is 4.46. The van der Waals surface area contributed by atoms with Crippen molar-refractivity contribution in [1.82, 2.24) is 10.3 Å². The number of alkyl carbamates (subject to hydrolysis) is 1. The van der Waals surface area contributed by atoms with Crippen molar-refractivity contribution >= 4 is 17.7 Å². The van der Waals surface area contributed by atoms with Gasteiger partial charge in [0.25, 0.3) is 0 Å². The highest BCUT2D eigenvalue weighted by molar-refractivity contribution is 5.95. The zero-order chi connectivity index (χ0) is 16.9. The van der Waals surface area contributed by atoms with Gasteiger partial charge < -0.3 is 15.4 Å². The van der Waals surface area contributed by atoms with Gasteiger partial charge in [-0.2, -0.15) is 0 Å². The van der Waals surface area contributed by atoms with Crippen LogP contribution in [0.1, 0.15) is 56.8 Å². The largest absolute Gasteiger partial charge is 0.444 e. The maximum Gasteiger partial charge on any atom is 0.407 e. The molecule has 1 aliphatic rings. The first-order valence-electron chi connectivity index (χ1n) is 8.06. The van der Waals surface area contributed by atoms with Gasteiger partial charge in [-0.25, -0.2) is 9.78 Å². The first kappa shape index (κ1) is 17.2. The number of amides is 1. The molecule has 6 heteroatoms. The molecule has 1 heterocycles. The summed E-state index contributed by atoms with van der Waals surface area (Å²) in [4.78, 5) is 27.8. The molecule has 0 aliphatic heterocycles. The Kier molecular flexibility index (Phi) is 5.58. The summed E-state index contributed by atoms with van der Waals surface area (Å²) >= 11 is 0. The Bertz CT molecular complexity index is 545. The van der Waals surface area contributed by atoms with Crippen molar-refractivity contribution in [3.8, 4) is 0 Å². The Morgan fingerprint density at radius 1 is 1.30 bits per heavy atom. The summed E-state index contributed by atoms with van der Waals surface area (Å²) in [7, 11) is 0. The van der Waals surface area contributed by atoms with E-state index < -0.39 is 11.7 Å². The molecule has 0 spiro atoms. The lowest BCUT2D eigenvalue weighted by Crippen LogP contribution is -2.33. The highest BCUT2D eigenvalue weighted by Crippen LogP contribution is 2.23. The van der Waals surface area contributed by atoms with Crippen molar-refractivity contribution < 1.29 is 14.3 Å². The molecular weight excluding hydrogens is 294 g/mol. The number of carbonyl (C=O) groups excluding carboxylic acids is 2. The van der Waals surface area contributed by atoms with Crippen LogP contribution in [0.3, 0.4) is 0 Å². The summed E-state index contributed by atoms with van der Waals surface area (Å²) in [5.41, 5.74) is 0.0885. The zero-order valence-corrected chi connectivity index (χ0v) is 14.0. The molecule has 1 fully saturated rings. The number of hydrogen-bond acceptors (Lipinski definition) is 5. The third kappa shape index (κ3) is 6.67. The van der Waals surface area contributed by atoms with Gasteiger partial charge in [-0.15, -0.1) is 0 Å². The molecule has 0 unspecified atom stereocenters. The Balaban J connectivity index is 1.67. The van der Waals surface area contributed by atoms with Gasteiger partial charge in [0, 0.05) is 30.8 Å². The number of aromatic nitrogens is 1. The summed E-state index contributed by atoms with van der Waals surface area (Å²) in [5, 5.41) is 5.93. The number of anilines is 1. The molecule has 0 aromatic carbocycles. The van der Waals surface area contributed by atoms with Gasteiger partial charge in [0.05, 0.1) is 0 Å². The number of pyridine rings is 1. The number of ether oxygens (including phenoxy) is 1. The number of carbonyl (C=O) groups is 2. The number of nitrogens with one attached hydrogen (secondary N) is 2. The molecule has 1 amide bonds. The summed E-state index contributed by atoms with van der Waals surface area (Å²) < 4.78 is 5.13. The van der Waals surface area contributed by atoms with Crippen LogP contribution in [0.15, 0.2) is 18.3 Å². The summed E-state index contributed by atoms with van der Waals surface area (Å²) in [6, 6.07) is 4.18. The SMILES string of the molecule is CC(C)(C)OC(=O)NCCCC(=O)c1ccc(NC2CC2)nc1. The van der Waals surface area contributed by atoms with Gasteiger partial charge in [-0.05, 0) is 52.2 Å². The number of Topliss-reactive ketones (excluding diaryl/α,β-unsaturated/α-hetero) is 1. The second kappa shape index (κ2) is 7.44. The fraction of sp³-hybridized carbons (Fsp3) is 0.588. The Labute approximate surface area is 137 Å². The normalized spacial score (nSPS) is 14.2. The number of rotatable bonds is 7. The molecule has 0 radical (unpaired) electrons. The average molecular weight is 319 g/mol. The van der Waals surface area contributed by atoms with E-state index in [2.05, 4.69) is 15.6 Å². The van der Waals surface area contributed by atoms with E-state index in [0.717, 1.165) is 5.82 Å². The monoisotopic (exact) mass is 319 g/mol. The molecule has 1 aliphatic carbocycles. The van der Waals surface area contributed by atoms with Crippen molar-refractivity contribution in [2.75, 3.05) is 11.9 Å². The third-order valence-electron chi connectivity index (χ3n) is 3.26. The van der Waals surface area contributed by atoms with Crippen LogP contribution in [0.2, 0.25) is 0 Å². The van der Waals surface area contributed by atoms with Crippen molar-refractivity contribution in [3.05, 3.63) is 23.9 Å². The van der Waals surface area contributed by atoms with Crippen molar-refractivity contribution in [2.24, 2.45) is 0 Å². The topological polar surface area (TPSA) is 80.3 Å². The van der Waals surface area contributed by atoms with Crippen molar-refractivity contribution in [2.45, 2.75) is 58.1 Å². The zero-order valence-electron chi connectivity index (χ0n) is 14.0. The molecule has 0 atom stereocenters. The molecule has 126 valence electrons. The van der Waals surface area contributed by atoms with Gasteiger partial charge in [0.15, 0.2) is 5.78 Å². The number of ketones is 1. The summed E-state index contributed by atoms with van der Waals surface area (Å²) in [5.74, 6) is 0.845. The number of hydrogen-bond donors (Lipinski definition) is 2. The quantitative estimate of drug-likeness (QED) is 0.596. The van der Waals surface area contributed by atoms with Crippen LogP contribution in [0.5, 0.6) is 0 Å². The lowest BCUT2D eigenvalue weighted by Gasteiger charge is -2.19. The van der Waals surface area contributed by atoms with Gasteiger partial charge in [-0.1, -0.05) is 0 Å². The van der Waals surface area contributed by atoms with Crippen LogP contribution in [-0.4, -0.2) is 35.0 Å². The third-order valence-corrected chi connectivity index (χ3v) is 3.26. The van der Waals surface area contributed by atoms with E-state index in [1.54, 1.807) is 12.3 Å². The maximum absolute atomic E-state index is 12.1. The lowest BCUT2D eigenvalue weighted by molar-refractivity contribution is 0.0525. The molecule has 2 rings (SSSR count). The highest BCUT2D eigenvalue weighted by Gasteiger charge is 2.21. The van der Waals surface area contributed by atoms with Gasteiger partial charge in [0.2, 0.25) is 0 Å². The van der Waals surface area contributed by atoms with Crippen LogP contribution in [0.4, 0.5) is 10.6 Å². The van der Waals surface area contributed by atoms with E-state index in [9.17, 15) is 9.59 Å². The first-order valence-corrected chi connectivity index (χ1v) is 8.06. The molecular formula is C17H25N3O3. The second-order valence-electron chi connectivity index (χ2n) is 6.81. The van der Waals surface area contributed by atoms with E-state index in [0.29, 0.717) is 31.0 Å². The molecule has 1 aromatic heterocycles. The van der Waals surface area contributed by atoms with Crippen LogP contribution in [0, 0.1) is 0 Å². The molecule has 23 heavy (non-hydrogen) atoms. The minimum atomic E-state index is -0.512. The minimum absolute atomic E-state index is 0.0291. The standard InChI is InChI=1S/C17H25N3O3/c1-17(2,3)23-16(22)18-10-4-5-14(21)12-6-9-15(19-11-12)20-13-7-8-13/h6,9,11,13H,4-5,7-8,10H2,1-3H3,(H,18,22)(H,19,20). The Hall–Kier alpha value is -2.11. The van der Waals surface area contributed by atoms with Crippen LogP contribution in [-0.2, 0) is 4.74 Å². The van der Waals surface area contributed by atoms with E-state index in [4.69, 9.17) is 4.74 Å². The van der Waals surface area contributed by atoms with Crippen molar-refractivity contribution in [1.29, 1.82) is 0 Å². The van der Waals surface area contributed by atoms with E-state index in [1.807, 2.05) is 26.8 Å². The molecule has 1 saturated carbocycles. The predicted molar refractivity (Wildman–Crippen MR) is 88.7 cm³/mol. The average Bonchev–Trinajstić information content (AvgIpc) is 3.26. The molecule has 1 aromatic rings. The Morgan fingerprint density at radius 2 is 2.04 bits per heavy atom. The molecule has 0 bridgehead atoms. The van der Waals surface area contributed by atoms with E-state index >= 15 is 0 Å². The van der Waals surface area contributed by atoms with Gasteiger partial charge >= 0.3 is 6.09 Å². The minimum Gasteiger partial charge on any atom is -0.444 e. The second-order valence-corrected chi connectivity index (χ2v) is 6.81. The molecule has 6 nitrogen and oxygen atoms in total. The number of nitrogens with zero attached hydrogens (tertiary/aromatic N) is 1. The van der Waals surface area contributed by atoms with Crippen molar-refractivity contribution in [3.63, 3.8) is 0 Å². The van der Waals surface area contributed by atoms with E-state index in [-0.39, 0.29) is 5.78 Å². The van der Waals surface area contributed by atoms with Crippen LogP contribution < -0.4 is 10.6 Å². The maximum atomic E-state index is 12.1. The van der Waals surface area contributed by atoms with Gasteiger partial charge in [-0.3, -0.25) is 4.79 Å². The Morgan fingerprint density at radius 3 is 2.61 bits per heavy atom. The summed E-state index contributed by atoms with van der Waals surface area (Å²) in [6.45, 7) is 5.84. The van der Waals surface area contributed by atoms with Gasteiger partial charge in [0.1, 0.15) is 11.4 Å². The molecule has 0 saturated heterocycles.